The minimum atomic E-state index is -0.467. The molecule has 1 aliphatic carbocycles. The molecule has 0 amide bonds. The van der Waals surface area contributed by atoms with Crippen LogP contribution in [0.3, 0.4) is 0 Å². The Morgan fingerprint density at radius 3 is 2.89 bits per heavy atom. The average Bonchev–Trinajstić information content (AvgIpc) is 3.38. The predicted molar refractivity (Wildman–Crippen MR) is 137 cm³/mol. The van der Waals surface area contributed by atoms with E-state index >= 15 is 0 Å². The third-order valence-electron chi connectivity index (χ3n) is 6.55. The SMILES string of the molecule is CN(C)C/C=C/CNc1cc2c(Nc3ccc(F)c(Cl)c3)ncnc2cc1OCC12COCC1C2. The second-order valence-electron chi connectivity index (χ2n) is 9.52. The first-order valence-electron chi connectivity index (χ1n) is 11.7. The van der Waals surface area contributed by atoms with Gasteiger partial charge in [0.15, 0.2) is 0 Å². The molecule has 1 saturated heterocycles. The second-order valence-corrected chi connectivity index (χ2v) is 9.93. The second kappa shape index (κ2) is 9.97. The van der Waals surface area contributed by atoms with Gasteiger partial charge in [0.1, 0.15) is 23.7 Å². The monoisotopic (exact) mass is 497 g/mol. The van der Waals surface area contributed by atoms with Crippen LogP contribution in [0.2, 0.25) is 5.02 Å². The smallest absolute Gasteiger partial charge is 0.144 e. The maximum absolute atomic E-state index is 13.6. The molecule has 2 aromatic carbocycles. The van der Waals surface area contributed by atoms with Gasteiger partial charge < -0.3 is 25.0 Å². The molecular formula is C26H29ClFN5O2. The number of nitrogens with one attached hydrogen (secondary N) is 2. The van der Waals surface area contributed by atoms with E-state index in [0.29, 0.717) is 30.6 Å². The zero-order valence-corrected chi connectivity index (χ0v) is 20.6. The zero-order valence-electron chi connectivity index (χ0n) is 19.9. The minimum Gasteiger partial charge on any atom is -0.491 e. The van der Waals surface area contributed by atoms with Crippen molar-refractivity contribution >= 4 is 39.7 Å². The van der Waals surface area contributed by atoms with Crippen molar-refractivity contribution in [3.05, 3.63) is 59.7 Å². The van der Waals surface area contributed by atoms with Crippen molar-refractivity contribution in [3.63, 3.8) is 0 Å². The summed E-state index contributed by atoms with van der Waals surface area (Å²) in [5.74, 6) is 1.49. The van der Waals surface area contributed by atoms with Crippen molar-refractivity contribution in [2.24, 2.45) is 11.3 Å². The van der Waals surface area contributed by atoms with Crippen molar-refractivity contribution in [2.45, 2.75) is 6.42 Å². The molecule has 35 heavy (non-hydrogen) atoms. The lowest BCUT2D eigenvalue weighted by Gasteiger charge is -2.18. The van der Waals surface area contributed by atoms with Crippen molar-refractivity contribution in [2.75, 3.05) is 57.6 Å². The summed E-state index contributed by atoms with van der Waals surface area (Å²) >= 11 is 5.96. The highest BCUT2D eigenvalue weighted by atomic mass is 35.5. The molecule has 2 atom stereocenters. The summed E-state index contributed by atoms with van der Waals surface area (Å²) in [6.45, 7) is 3.74. The molecule has 2 N–H and O–H groups in total. The third-order valence-corrected chi connectivity index (χ3v) is 6.84. The van der Waals surface area contributed by atoms with E-state index < -0.39 is 5.82 Å². The van der Waals surface area contributed by atoms with Gasteiger partial charge in [0.2, 0.25) is 0 Å². The molecule has 0 spiro atoms. The quantitative estimate of drug-likeness (QED) is 0.377. The number of nitrogens with zero attached hydrogens (tertiary/aromatic N) is 3. The van der Waals surface area contributed by atoms with Gasteiger partial charge in [-0.2, -0.15) is 0 Å². The van der Waals surface area contributed by atoms with Crippen LogP contribution in [0.1, 0.15) is 6.42 Å². The minimum absolute atomic E-state index is 0.0459. The van der Waals surface area contributed by atoms with Crippen molar-refractivity contribution in [1.29, 1.82) is 0 Å². The van der Waals surface area contributed by atoms with Crippen LogP contribution in [-0.4, -0.2) is 61.9 Å². The maximum atomic E-state index is 13.6. The van der Waals surface area contributed by atoms with Crippen LogP contribution in [0.5, 0.6) is 5.75 Å². The molecule has 0 bridgehead atoms. The van der Waals surface area contributed by atoms with E-state index in [1.807, 2.05) is 26.2 Å². The largest absolute Gasteiger partial charge is 0.491 e. The summed E-state index contributed by atoms with van der Waals surface area (Å²) in [6.07, 6.45) is 6.87. The van der Waals surface area contributed by atoms with Gasteiger partial charge in [-0.1, -0.05) is 23.8 Å². The molecule has 184 valence electrons. The number of likely N-dealkylation sites (N-methyl/N-ethyl adjacent to an activating group) is 1. The number of aromatic nitrogens is 2. The molecule has 0 radical (unpaired) electrons. The maximum Gasteiger partial charge on any atom is 0.144 e. The van der Waals surface area contributed by atoms with E-state index in [1.165, 1.54) is 18.5 Å². The summed E-state index contributed by atoms with van der Waals surface area (Å²) in [4.78, 5) is 11.0. The van der Waals surface area contributed by atoms with E-state index in [0.717, 1.165) is 48.5 Å². The van der Waals surface area contributed by atoms with Crippen LogP contribution in [-0.2, 0) is 4.74 Å². The zero-order chi connectivity index (χ0) is 24.4. The first kappa shape index (κ1) is 23.8. The molecule has 9 heteroatoms. The molecule has 5 rings (SSSR count). The van der Waals surface area contributed by atoms with Gasteiger partial charge in [-0.15, -0.1) is 0 Å². The van der Waals surface area contributed by atoms with Gasteiger partial charge in [-0.25, -0.2) is 14.4 Å². The van der Waals surface area contributed by atoms with Gasteiger partial charge in [0.05, 0.1) is 36.0 Å². The highest BCUT2D eigenvalue weighted by molar-refractivity contribution is 6.31. The summed E-state index contributed by atoms with van der Waals surface area (Å²) in [5, 5.41) is 7.56. The Kier molecular flexibility index (Phi) is 6.77. The van der Waals surface area contributed by atoms with Gasteiger partial charge in [-0.3, -0.25) is 0 Å². The number of hydrogen-bond donors (Lipinski definition) is 2. The summed E-state index contributed by atoms with van der Waals surface area (Å²) in [5.41, 5.74) is 2.39. The fourth-order valence-corrected chi connectivity index (χ4v) is 4.56. The molecule has 2 unspecified atom stereocenters. The van der Waals surface area contributed by atoms with E-state index in [2.05, 4.69) is 37.7 Å². The Bertz CT molecular complexity index is 1250. The fourth-order valence-electron chi connectivity index (χ4n) is 4.38. The number of benzene rings is 2. The number of fused-ring (bicyclic) bond motifs is 2. The number of hydrogen-bond acceptors (Lipinski definition) is 7. The lowest BCUT2D eigenvalue weighted by Crippen LogP contribution is -2.17. The van der Waals surface area contributed by atoms with Crippen LogP contribution in [0.15, 0.2) is 48.8 Å². The van der Waals surface area contributed by atoms with Crippen molar-refractivity contribution in [1.82, 2.24) is 14.9 Å². The summed E-state index contributed by atoms with van der Waals surface area (Å²) in [7, 11) is 4.07. The van der Waals surface area contributed by atoms with E-state index in [-0.39, 0.29) is 10.4 Å². The van der Waals surface area contributed by atoms with Gasteiger partial charge in [0, 0.05) is 35.6 Å². The summed E-state index contributed by atoms with van der Waals surface area (Å²) < 4.78 is 25.6. The van der Waals surface area contributed by atoms with Gasteiger partial charge >= 0.3 is 0 Å². The molecular weight excluding hydrogens is 469 g/mol. The number of rotatable bonds is 10. The first-order chi connectivity index (χ1) is 16.9. The van der Waals surface area contributed by atoms with Gasteiger partial charge in [0.25, 0.3) is 0 Å². The third kappa shape index (κ3) is 5.34. The molecule has 2 heterocycles. The molecule has 2 aliphatic rings. The fraction of sp³-hybridized carbons (Fsp3) is 0.385. The van der Waals surface area contributed by atoms with Gasteiger partial charge in [-0.05, 0) is 50.7 Å². The molecule has 1 aliphatic heterocycles. The van der Waals surface area contributed by atoms with Crippen LogP contribution in [0, 0.1) is 17.2 Å². The van der Waals surface area contributed by atoms with E-state index in [9.17, 15) is 4.39 Å². The van der Waals surface area contributed by atoms with E-state index in [4.69, 9.17) is 21.1 Å². The van der Waals surface area contributed by atoms with Crippen LogP contribution >= 0.6 is 11.6 Å². The lowest BCUT2D eigenvalue weighted by atomic mass is 10.1. The summed E-state index contributed by atoms with van der Waals surface area (Å²) in [6, 6.07) is 8.41. The first-order valence-corrected chi connectivity index (χ1v) is 12.1. The molecule has 3 aromatic rings. The number of anilines is 3. The normalized spacial score (nSPS) is 21.0. The highest BCUT2D eigenvalue weighted by Crippen LogP contribution is 2.57. The molecule has 7 nitrogen and oxygen atoms in total. The molecule has 1 saturated carbocycles. The predicted octanol–water partition coefficient (Wildman–Crippen LogP) is 5.11. The van der Waals surface area contributed by atoms with Crippen molar-refractivity contribution in [3.8, 4) is 5.75 Å². The lowest BCUT2D eigenvalue weighted by molar-refractivity contribution is 0.124. The van der Waals surface area contributed by atoms with E-state index in [1.54, 1.807) is 6.07 Å². The number of ether oxygens (including phenoxy) is 2. The van der Waals surface area contributed by atoms with Crippen LogP contribution < -0.4 is 15.4 Å². The Labute approximate surface area is 209 Å². The number of halogens is 2. The average molecular weight is 498 g/mol. The Morgan fingerprint density at radius 2 is 2.14 bits per heavy atom. The van der Waals surface area contributed by atoms with Crippen LogP contribution in [0.25, 0.3) is 10.9 Å². The molecule has 2 fully saturated rings. The highest BCUT2D eigenvalue weighted by Gasteiger charge is 2.59. The Balaban J connectivity index is 1.42. The molecule has 1 aromatic heterocycles. The Morgan fingerprint density at radius 1 is 1.26 bits per heavy atom. The Hall–Kier alpha value is -2.94. The van der Waals surface area contributed by atoms with Crippen molar-refractivity contribution < 1.29 is 13.9 Å². The standard InChI is InChI=1S/C26H29ClFN5O2/c1-33(2)8-4-3-7-29-23-10-19-22(11-24(23)35-15-26-12-17(26)13-34-14-26)30-16-31-25(19)32-18-5-6-21(28)20(27)9-18/h3-6,9-11,16-17,29H,7-8,12-15H2,1-2H3,(H,30,31,32)/b4-3+. The topological polar surface area (TPSA) is 71.5 Å². The van der Waals surface area contributed by atoms with Crippen LogP contribution in [0.4, 0.5) is 21.6 Å².